The van der Waals surface area contributed by atoms with E-state index < -0.39 is 16.1 Å². The number of rotatable bonds is 8. The molecule has 1 saturated heterocycles. The van der Waals surface area contributed by atoms with Gasteiger partial charge in [-0.1, -0.05) is 13.0 Å². The fourth-order valence-electron chi connectivity index (χ4n) is 3.76. The summed E-state index contributed by atoms with van der Waals surface area (Å²) >= 11 is 0. The molecule has 162 valence electrons. The zero-order chi connectivity index (χ0) is 21.7. The van der Waals surface area contributed by atoms with Gasteiger partial charge < -0.3 is 15.0 Å². The second-order valence-electron chi connectivity index (χ2n) is 7.41. The molecule has 1 aliphatic heterocycles. The van der Waals surface area contributed by atoms with Gasteiger partial charge in [-0.3, -0.25) is 9.10 Å². The minimum Gasteiger partial charge on any atom is -0.497 e. The SMILES string of the molecule is CC[C@@H](C(=O)Nc1ccc(N2CCCC2)cc1)N(c1cccc(OC)c1)S(C)(=O)=O. The fraction of sp³-hybridized carbons (Fsp3) is 0.409. The molecular weight excluding hydrogens is 402 g/mol. The molecule has 7 nitrogen and oxygen atoms in total. The summed E-state index contributed by atoms with van der Waals surface area (Å²) in [7, 11) is -2.19. The first kappa shape index (κ1) is 22.0. The Morgan fingerprint density at radius 1 is 1.17 bits per heavy atom. The highest BCUT2D eigenvalue weighted by atomic mass is 32.2. The molecule has 1 aliphatic rings. The van der Waals surface area contributed by atoms with Crippen molar-refractivity contribution in [3.63, 3.8) is 0 Å². The van der Waals surface area contributed by atoms with Crippen molar-refractivity contribution >= 4 is 33.0 Å². The summed E-state index contributed by atoms with van der Waals surface area (Å²) in [5, 5.41) is 2.87. The van der Waals surface area contributed by atoms with Gasteiger partial charge in [-0.2, -0.15) is 0 Å². The lowest BCUT2D eigenvalue weighted by Gasteiger charge is -2.30. The van der Waals surface area contributed by atoms with Gasteiger partial charge in [0.2, 0.25) is 15.9 Å². The molecule has 1 atom stereocenters. The Kier molecular flexibility index (Phi) is 6.87. The highest BCUT2D eigenvalue weighted by Gasteiger charge is 2.31. The number of amides is 1. The molecule has 1 amide bonds. The van der Waals surface area contributed by atoms with Crippen LogP contribution >= 0.6 is 0 Å². The lowest BCUT2D eigenvalue weighted by atomic mass is 10.1. The third-order valence-corrected chi connectivity index (χ3v) is 6.42. The van der Waals surface area contributed by atoms with Gasteiger partial charge in [0.1, 0.15) is 11.8 Å². The van der Waals surface area contributed by atoms with Crippen molar-refractivity contribution < 1.29 is 17.9 Å². The summed E-state index contributed by atoms with van der Waals surface area (Å²) in [6.07, 6.45) is 3.82. The van der Waals surface area contributed by atoms with Crippen molar-refractivity contribution in [3.8, 4) is 5.75 Å². The largest absolute Gasteiger partial charge is 0.497 e. The highest BCUT2D eigenvalue weighted by Crippen LogP contribution is 2.27. The Balaban J connectivity index is 1.81. The minimum atomic E-state index is -3.70. The molecule has 1 fully saturated rings. The van der Waals surface area contributed by atoms with Crippen LogP contribution in [0.3, 0.4) is 0 Å². The number of sulfonamides is 1. The predicted octanol–water partition coefficient (Wildman–Crippen LogP) is 3.48. The summed E-state index contributed by atoms with van der Waals surface area (Å²) in [6, 6.07) is 13.5. The van der Waals surface area contributed by atoms with Crippen LogP contribution in [0.15, 0.2) is 48.5 Å². The average Bonchev–Trinajstić information content (AvgIpc) is 3.26. The summed E-state index contributed by atoms with van der Waals surface area (Å²) in [6.45, 7) is 3.89. The maximum absolute atomic E-state index is 13.0. The van der Waals surface area contributed by atoms with Crippen LogP contribution in [-0.4, -0.2) is 46.8 Å². The van der Waals surface area contributed by atoms with Crippen molar-refractivity contribution in [1.82, 2.24) is 0 Å². The van der Waals surface area contributed by atoms with Crippen LogP contribution in [-0.2, 0) is 14.8 Å². The third kappa shape index (κ3) is 5.05. The van der Waals surface area contributed by atoms with Crippen LogP contribution in [0.2, 0.25) is 0 Å². The molecule has 2 aromatic carbocycles. The Bertz CT molecular complexity index is 970. The summed E-state index contributed by atoms with van der Waals surface area (Å²) in [5.41, 5.74) is 2.16. The molecule has 30 heavy (non-hydrogen) atoms. The first-order valence-corrected chi connectivity index (χ1v) is 12.0. The number of anilines is 3. The number of carbonyl (C=O) groups excluding carboxylic acids is 1. The van der Waals surface area contributed by atoms with Crippen molar-refractivity contribution in [1.29, 1.82) is 0 Å². The average molecular weight is 432 g/mol. The van der Waals surface area contributed by atoms with Gasteiger partial charge in [0.05, 0.1) is 19.1 Å². The predicted molar refractivity (Wildman–Crippen MR) is 121 cm³/mol. The Labute approximate surface area is 178 Å². The van der Waals surface area contributed by atoms with E-state index in [-0.39, 0.29) is 5.91 Å². The number of nitrogens with zero attached hydrogens (tertiary/aromatic N) is 2. The molecule has 0 unspecified atom stereocenters. The normalized spacial score (nSPS) is 15.0. The molecular formula is C22H29N3O4S. The van der Waals surface area contributed by atoms with E-state index in [0.29, 0.717) is 23.5 Å². The van der Waals surface area contributed by atoms with E-state index in [0.717, 1.165) is 29.3 Å². The van der Waals surface area contributed by atoms with Gasteiger partial charge in [0.25, 0.3) is 0 Å². The molecule has 0 radical (unpaired) electrons. The number of ether oxygens (including phenoxy) is 1. The van der Waals surface area contributed by atoms with Gasteiger partial charge in [-0.15, -0.1) is 0 Å². The molecule has 8 heteroatoms. The van der Waals surface area contributed by atoms with Crippen LogP contribution in [0.25, 0.3) is 0 Å². The monoisotopic (exact) mass is 431 g/mol. The van der Waals surface area contributed by atoms with Gasteiger partial charge >= 0.3 is 0 Å². The molecule has 0 aliphatic carbocycles. The van der Waals surface area contributed by atoms with Gasteiger partial charge in [-0.05, 0) is 55.7 Å². The van der Waals surface area contributed by atoms with Crippen molar-refractivity contribution in [2.75, 3.05) is 41.0 Å². The standard InChI is InChI=1S/C22H29N3O4S/c1-4-21(25(30(3,27)28)19-8-7-9-20(16-19)29-2)22(26)23-17-10-12-18(13-11-17)24-14-5-6-15-24/h7-13,16,21H,4-6,14-15H2,1-3H3,(H,23,26)/t21-/m0/s1. The van der Waals surface area contributed by atoms with Gasteiger partial charge in [-0.25, -0.2) is 8.42 Å². The summed E-state index contributed by atoms with van der Waals surface area (Å²) < 4.78 is 31.5. The topological polar surface area (TPSA) is 79.0 Å². The van der Waals surface area contributed by atoms with Crippen LogP contribution in [0, 0.1) is 0 Å². The Hall–Kier alpha value is -2.74. The van der Waals surface area contributed by atoms with E-state index in [2.05, 4.69) is 10.2 Å². The third-order valence-electron chi connectivity index (χ3n) is 5.24. The number of nitrogens with one attached hydrogen (secondary N) is 1. The van der Waals surface area contributed by atoms with Crippen molar-refractivity contribution in [3.05, 3.63) is 48.5 Å². The molecule has 0 aromatic heterocycles. The van der Waals surface area contributed by atoms with E-state index in [9.17, 15) is 13.2 Å². The van der Waals surface area contributed by atoms with Crippen LogP contribution in [0.5, 0.6) is 5.75 Å². The van der Waals surface area contributed by atoms with Crippen LogP contribution in [0.4, 0.5) is 17.1 Å². The number of methoxy groups -OCH3 is 1. The molecule has 3 rings (SSSR count). The lowest BCUT2D eigenvalue weighted by Crippen LogP contribution is -2.47. The fourth-order valence-corrected chi connectivity index (χ4v) is 4.97. The maximum Gasteiger partial charge on any atom is 0.248 e. The zero-order valence-corrected chi connectivity index (χ0v) is 18.5. The second kappa shape index (κ2) is 9.38. The van der Waals surface area contributed by atoms with Gasteiger partial charge in [0.15, 0.2) is 0 Å². The number of hydrogen-bond donors (Lipinski definition) is 1. The van der Waals surface area contributed by atoms with Gasteiger partial charge in [0, 0.05) is 30.5 Å². The number of carbonyl (C=O) groups is 1. The van der Waals surface area contributed by atoms with E-state index in [1.54, 1.807) is 31.2 Å². The molecule has 0 bridgehead atoms. The highest BCUT2D eigenvalue weighted by molar-refractivity contribution is 7.92. The van der Waals surface area contributed by atoms with E-state index in [4.69, 9.17) is 4.74 Å². The van der Waals surface area contributed by atoms with Crippen molar-refractivity contribution in [2.24, 2.45) is 0 Å². The molecule has 0 spiro atoms. The Morgan fingerprint density at radius 2 is 1.83 bits per heavy atom. The maximum atomic E-state index is 13.0. The Morgan fingerprint density at radius 3 is 2.40 bits per heavy atom. The van der Waals surface area contributed by atoms with E-state index >= 15 is 0 Å². The number of hydrogen-bond acceptors (Lipinski definition) is 5. The molecule has 2 aromatic rings. The quantitative estimate of drug-likeness (QED) is 0.692. The molecule has 0 saturated carbocycles. The molecule has 1 N–H and O–H groups in total. The first-order valence-electron chi connectivity index (χ1n) is 10.1. The van der Waals surface area contributed by atoms with Crippen LogP contribution < -0.4 is 19.3 Å². The van der Waals surface area contributed by atoms with Crippen LogP contribution in [0.1, 0.15) is 26.2 Å². The summed E-state index contributed by atoms with van der Waals surface area (Å²) in [5.74, 6) is 0.147. The van der Waals surface area contributed by atoms with Crippen molar-refractivity contribution in [2.45, 2.75) is 32.2 Å². The molecule has 1 heterocycles. The second-order valence-corrected chi connectivity index (χ2v) is 9.27. The minimum absolute atomic E-state index is 0.321. The van der Waals surface area contributed by atoms with E-state index in [1.807, 2.05) is 24.3 Å². The zero-order valence-electron chi connectivity index (χ0n) is 17.7. The number of benzene rings is 2. The smallest absolute Gasteiger partial charge is 0.248 e. The first-order chi connectivity index (χ1) is 14.3. The summed E-state index contributed by atoms with van der Waals surface area (Å²) in [4.78, 5) is 15.4. The van der Waals surface area contributed by atoms with E-state index in [1.165, 1.54) is 20.0 Å². The lowest BCUT2D eigenvalue weighted by molar-refractivity contribution is -0.117.